The molecule has 1 heterocycles. The average Bonchev–Trinajstić information content (AvgIpc) is 1.98. The summed E-state index contributed by atoms with van der Waals surface area (Å²) < 4.78 is 2.67. The molecule has 0 aliphatic carbocycles. The van der Waals surface area contributed by atoms with Gasteiger partial charge in [0, 0.05) is 7.05 Å². The molecule has 0 atom stereocenters. The van der Waals surface area contributed by atoms with Crippen molar-refractivity contribution in [2.24, 2.45) is 7.05 Å². The van der Waals surface area contributed by atoms with E-state index in [-0.39, 0.29) is 0 Å². The average molecular weight is 174 g/mol. The summed E-state index contributed by atoms with van der Waals surface area (Å²) in [5, 5.41) is 3.92. The molecule has 1 aromatic heterocycles. The predicted molar refractivity (Wildman–Crippen MR) is 35.4 cm³/mol. The highest BCUT2D eigenvalue weighted by Crippen LogP contribution is 2.12. The van der Waals surface area contributed by atoms with Gasteiger partial charge >= 0.3 is 0 Å². The van der Waals surface area contributed by atoms with Gasteiger partial charge in [0.05, 0.1) is 16.4 Å². The molecule has 0 amide bonds. The Kier molecular flexibility index (Phi) is 1.38. The molecule has 0 spiro atoms. The van der Waals surface area contributed by atoms with Gasteiger partial charge in [0.2, 0.25) is 0 Å². The van der Waals surface area contributed by atoms with Crippen LogP contribution in [0.3, 0.4) is 0 Å². The highest BCUT2D eigenvalue weighted by molar-refractivity contribution is 9.10. The zero-order valence-corrected chi connectivity index (χ0v) is 6.14. The summed E-state index contributed by atoms with van der Waals surface area (Å²) >= 11 is 3.27. The van der Waals surface area contributed by atoms with Gasteiger partial charge in [0.1, 0.15) is 0 Å². The van der Waals surface area contributed by atoms with E-state index in [1.54, 1.807) is 10.9 Å². The van der Waals surface area contributed by atoms with Crippen molar-refractivity contribution in [3.05, 3.63) is 23.3 Å². The van der Waals surface area contributed by atoms with Gasteiger partial charge < -0.3 is 0 Å². The lowest BCUT2D eigenvalue weighted by Gasteiger charge is -1.89. The van der Waals surface area contributed by atoms with Crippen molar-refractivity contribution in [3.63, 3.8) is 0 Å². The summed E-state index contributed by atoms with van der Waals surface area (Å²) in [5.41, 5.74) is 0.907. The van der Waals surface area contributed by atoms with Crippen LogP contribution in [0.2, 0.25) is 0 Å². The Morgan fingerprint density at radius 1 is 1.88 bits per heavy atom. The van der Waals surface area contributed by atoms with Crippen LogP contribution < -0.4 is 0 Å². The van der Waals surface area contributed by atoms with E-state index in [1.165, 1.54) is 0 Å². The molecule has 0 aliphatic rings. The zero-order chi connectivity index (χ0) is 6.15. The zero-order valence-electron chi connectivity index (χ0n) is 4.56. The van der Waals surface area contributed by atoms with E-state index in [2.05, 4.69) is 28.0 Å². The molecule has 8 heavy (non-hydrogen) atoms. The Morgan fingerprint density at radius 2 is 2.50 bits per heavy atom. The Labute approximate surface area is 56.6 Å². The molecule has 0 fully saturated rings. The minimum Gasteiger partial charge on any atom is -0.271 e. The Balaban J connectivity index is 3.19. The minimum absolute atomic E-state index is 0.907. The Hall–Kier alpha value is -0.310. The second kappa shape index (κ2) is 1.90. The number of halogens is 1. The van der Waals surface area contributed by atoms with Gasteiger partial charge in [-0.2, -0.15) is 5.10 Å². The molecule has 1 radical (unpaired) electrons. The van der Waals surface area contributed by atoms with Gasteiger partial charge in [-0.3, -0.25) is 4.68 Å². The first-order valence-electron chi connectivity index (χ1n) is 2.21. The number of hydrogen-bond acceptors (Lipinski definition) is 1. The largest absolute Gasteiger partial charge is 0.271 e. The first kappa shape index (κ1) is 5.82. The molecular weight excluding hydrogens is 168 g/mol. The predicted octanol–water partition coefficient (Wildman–Crippen LogP) is 1.36. The number of hydrogen-bond donors (Lipinski definition) is 0. The van der Waals surface area contributed by atoms with Crippen molar-refractivity contribution in [1.29, 1.82) is 0 Å². The van der Waals surface area contributed by atoms with Crippen LogP contribution in [0.5, 0.6) is 0 Å². The fourth-order valence-electron chi connectivity index (χ4n) is 0.436. The maximum atomic E-state index is 3.92. The second-order valence-corrected chi connectivity index (χ2v) is 2.42. The highest BCUT2D eigenvalue weighted by Gasteiger charge is 1.96. The third-order valence-electron chi connectivity index (χ3n) is 1.01. The molecule has 0 saturated heterocycles. The fourth-order valence-corrected chi connectivity index (χ4v) is 0.784. The van der Waals surface area contributed by atoms with Gasteiger partial charge in [-0.25, -0.2) is 0 Å². The van der Waals surface area contributed by atoms with E-state index in [0.29, 0.717) is 0 Å². The summed E-state index contributed by atoms with van der Waals surface area (Å²) in [4.78, 5) is 0. The van der Waals surface area contributed by atoms with Crippen molar-refractivity contribution < 1.29 is 0 Å². The molecule has 0 aliphatic heterocycles. The van der Waals surface area contributed by atoms with Crippen molar-refractivity contribution in [2.45, 2.75) is 0 Å². The molecule has 2 nitrogen and oxygen atoms in total. The number of rotatable bonds is 0. The van der Waals surface area contributed by atoms with Gasteiger partial charge in [0.15, 0.2) is 0 Å². The first-order valence-corrected chi connectivity index (χ1v) is 3.00. The van der Waals surface area contributed by atoms with Crippen molar-refractivity contribution in [3.8, 4) is 0 Å². The fraction of sp³-hybridized carbons (Fsp3) is 0.200. The lowest BCUT2D eigenvalue weighted by atomic mass is 10.5. The summed E-state index contributed by atoms with van der Waals surface area (Å²) in [6.07, 6.45) is 1.72. The third-order valence-corrected chi connectivity index (χ3v) is 1.67. The van der Waals surface area contributed by atoms with Crippen LogP contribution in [0.4, 0.5) is 0 Å². The van der Waals surface area contributed by atoms with E-state index in [9.17, 15) is 0 Å². The third kappa shape index (κ3) is 0.777. The summed E-state index contributed by atoms with van der Waals surface area (Å²) in [5.74, 6) is 0. The molecule has 0 N–H and O–H groups in total. The van der Waals surface area contributed by atoms with Crippen LogP contribution in [0, 0.1) is 6.92 Å². The van der Waals surface area contributed by atoms with E-state index < -0.39 is 0 Å². The van der Waals surface area contributed by atoms with Gasteiger partial charge in [-0.1, -0.05) is 0 Å². The molecule has 0 saturated carbocycles. The van der Waals surface area contributed by atoms with Crippen LogP contribution in [0.25, 0.3) is 0 Å². The number of aryl methyl sites for hydroxylation is 1. The standard InChI is InChI=1S/C5H6BrN2/c1-4-5(6)3-7-8(4)2/h3H,1H2,2H3. The van der Waals surface area contributed by atoms with Crippen molar-refractivity contribution >= 4 is 15.9 Å². The topological polar surface area (TPSA) is 17.8 Å². The van der Waals surface area contributed by atoms with E-state index in [4.69, 9.17) is 0 Å². The lowest BCUT2D eigenvalue weighted by molar-refractivity contribution is 0.752. The van der Waals surface area contributed by atoms with Crippen LogP contribution in [-0.4, -0.2) is 9.78 Å². The van der Waals surface area contributed by atoms with Gasteiger partial charge in [-0.15, -0.1) is 0 Å². The van der Waals surface area contributed by atoms with E-state index in [1.807, 2.05) is 7.05 Å². The number of aromatic nitrogens is 2. The lowest BCUT2D eigenvalue weighted by Crippen LogP contribution is -1.91. The molecule has 3 heteroatoms. The first-order chi connectivity index (χ1) is 3.72. The minimum atomic E-state index is 0.907. The van der Waals surface area contributed by atoms with E-state index in [0.717, 1.165) is 10.2 Å². The van der Waals surface area contributed by atoms with Crippen LogP contribution in [0.1, 0.15) is 5.69 Å². The molecule has 0 bridgehead atoms. The summed E-state index contributed by atoms with van der Waals surface area (Å²) in [7, 11) is 1.85. The number of nitrogens with zero attached hydrogens (tertiary/aromatic N) is 2. The highest BCUT2D eigenvalue weighted by atomic mass is 79.9. The van der Waals surface area contributed by atoms with Crippen LogP contribution in [0.15, 0.2) is 10.7 Å². The SMILES string of the molecule is [CH2]c1c(Br)cnn1C. The quantitative estimate of drug-likeness (QED) is 0.580. The molecule has 0 unspecified atom stereocenters. The van der Waals surface area contributed by atoms with E-state index >= 15 is 0 Å². The van der Waals surface area contributed by atoms with Crippen LogP contribution in [-0.2, 0) is 7.05 Å². The normalized spacial score (nSPS) is 9.88. The molecule has 1 rings (SSSR count). The molecule has 1 aromatic rings. The Morgan fingerprint density at radius 3 is 2.62 bits per heavy atom. The van der Waals surface area contributed by atoms with Crippen LogP contribution >= 0.6 is 15.9 Å². The van der Waals surface area contributed by atoms with Gasteiger partial charge in [-0.05, 0) is 22.9 Å². The van der Waals surface area contributed by atoms with Crippen molar-refractivity contribution in [1.82, 2.24) is 9.78 Å². The maximum Gasteiger partial charge on any atom is 0.0635 e. The summed E-state index contributed by atoms with van der Waals surface area (Å²) in [6.45, 7) is 3.73. The maximum absolute atomic E-state index is 3.92. The van der Waals surface area contributed by atoms with Gasteiger partial charge in [0.25, 0.3) is 0 Å². The molecule has 0 aromatic carbocycles. The second-order valence-electron chi connectivity index (χ2n) is 1.56. The summed E-state index contributed by atoms with van der Waals surface area (Å²) in [6, 6.07) is 0. The monoisotopic (exact) mass is 173 g/mol. The van der Waals surface area contributed by atoms with Crippen molar-refractivity contribution in [2.75, 3.05) is 0 Å². The Bertz CT molecular complexity index is 173. The molecular formula is C5H6BrN2. The molecule has 43 valence electrons. The smallest absolute Gasteiger partial charge is 0.0635 e.